The molecule has 4 heteroatoms. The predicted molar refractivity (Wildman–Crippen MR) is 71.4 cm³/mol. The van der Waals surface area contributed by atoms with Crippen LogP contribution in [-0.2, 0) is 4.79 Å². The lowest BCUT2D eigenvalue weighted by Gasteiger charge is -2.35. The van der Waals surface area contributed by atoms with Crippen LogP contribution in [-0.4, -0.2) is 61.0 Å². The van der Waals surface area contributed by atoms with E-state index in [9.17, 15) is 4.79 Å². The van der Waals surface area contributed by atoms with Crippen molar-refractivity contribution in [2.45, 2.75) is 38.1 Å². The SMILES string of the molecule is O=C(CC1CCCNC1)N1CCN(C2CC2)CC1. The summed E-state index contributed by atoms with van der Waals surface area (Å²) in [7, 11) is 0. The number of carbonyl (C=O) groups is 1. The van der Waals surface area contributed by atoms with Crippen molar-refractivity contribution in [2.75, 3.05) is 39.3 Å². The number of nitrogens with one attached hydrogen (secondary N) is 1. The van der Waals surface area contributed by atoms with E-state index in [-0.39, 0.29) is 0 Å². The molecule has 0 spiro atoms. The largest absolute Gasteiger partial charge is 0.340 e. The van der Waals surface area contributed by atoms with Crippen LogP contribution in [0.3, 0.4) is 0 Å². The standard InChI is InChI=1S/C14H25N3O/c18-14(10-12-2-1-5-15-11-12)17-8-6-16(7-9-17)13-3-4-13/h12-13,15H,1-11H2. The third-order valence-corrected chi connectivity index (χ3v) is 4.59. The van der Waals surface area contributed by atoms with E-state index in [1.165, 1.54) is 25.7 Å². The summed E-state index contributed by atoms with van der Waals surface area (Å²) in [5, 5.41) is 3.39. The molecule has 18 heavy (non-hydrogen) atoms. The average molecular weight is 251 g/mol. The van der Waals surface area contributed by atoms with E-state index in [0.29, 0.717) is 11.8 Å². The van der Waals surface area contributed by atoms with Crippen LogP contribution in [0.1, 0.15) is 32.1 Å². The quantitative estimate of drug-likeness (QED) is 0.801. The van der Waals surface area contributed by atoms with Crippen molar-refractivity contribution in [3.05, 3.63) is 0 Å². The van der Waals surface area contributed by atoms with Gasteiger partial charge in [0, 0.05) is 38.6 Å². The van der Waals surface area contributed by atoms with Gasteiger partial charge in [-0.15, -0.1) is 0 Å². The molecule has 3 fully saturated rings. The Morgan fingerprint density at radius 1 is 1.11 bits per heavy atom. The third kappa shape index (κ3) is 3.04. The molecular weight excluding hydrogens is 226 g/mol. The summed E-state index contributed by atoms with van der Waals surface area (Å²) in [6, 6.07) is 0.852. The van der Waals surface area contributed by atoms with Crippen LogP contribution in [0.2, 0.25) is 0 Å². The molecule has 1 atom stereocenters. The van der Waals surface area contributed by atoms with E-state index >= 15 is 0 Å². The second kappa shape index (κ2) is 5.57. The fourth-order valence-electron chi connectivity index (χ4n) is 3.25. The van der Waals surface area contributed by atoms with Gasteiger partial charge >= 0.3 is 0 Å². The van der Waals surface area contributed by atoms with Crippen molar-refractivity contribution >= 4 is 5.91 Å². The zero-order chi connectivity index (χ0) is 12.4. The first-order valence-corrected chi connectivity index (χ1v) is 7.55. The van der Waals surface area contributed by atoms with Gasteiger partial charge in [0.1, 0.15) is 0 Å². The van der Waals surface area contributed by atoms with E-state index < -0.39 is 0 Å². The Bertz CT molecular complexity index is 289. The minimum atomic E-state index is 0.388. The van der Waals surface area contributed by atoms with Crippen molar-refractivity contribution in [3.63, 3.8) is 0 Å². The van der Waals surface area contributed by atoms with Gasteiger partial charge in [0.2, 0.25) is 5.91 Å². The van der Waals surface area contributed by atoms with Gasteiger partial charge in [-0.3, -0.25) is 9.69 Å². The number of amides is 1. The molecule has 1 N–H and O–H groups in total. The fourth-order valence-corrected chi connectivity index (χ4v) is 3.25. The molecule has 2 aliphatic heterocycles. The zero-order valence-electron chi connectivity index (χ0n) is 11.2. The lowest BCUT2D eigenvalue weighted by atomic mass is 9.95. The van der Waals surface area contributed by atoms with Crippen molar-refractivity contribution in [1.29, 1.82) is 0 Å². The van der Waals surface area contributed by atoms with Crippen molar-refractivity contribution in [1.82, 2.24) is 15.1 Å². The zero-order valence-corrected chi connectivity index (χ0v) is 11.2. The normalized spacial score (nSPS) is 30.4. The number of rotatable bonds is 3. The molecular formula is C14H25N3O. The molecule has 1 aliphatic carbocycles. The van der Waals surface area contributed by atoms with Gasteiger partial charge in [-0.05, 0) is 44.7 Å². The Morgan fingerprint density at radius 3 is 2.50 bits per heavy atom. The molecule has 2 saturated heterocycles. The lowest BCUT2D eigenvalue weighted by Crippen LogP contribution is -2.50. The summed E-state index contributed by atoms with van der Waals surface area (Å²) in [6.07, 6.45) is 5.97. The maximum atomic E-state index is 12.2. The van der Waals surface area contributed by atoms with Gasteiger partial charge in [0.25, 0.3) is 0 Å². The summed E-state index contributed by atoms with van der Waals surface area (Å²) >= 11 is 0. The molecule has 102 valence electrons. The Kier molecular flexibility index (Phi) is 3.85. The van der Waals surface area contributed by atoms with Crippen LogP contribution in [0.15, 0.2) is 0 Å². The van der Waals surface area contributed by atoms with Gasteiger partial charge < -0.3 is 10.2 Å². The molecule has 0 bridgehead atoms. The topological polar surface area (TPSA) is 35.6 Å². The van der Waals surface area contributed by atoms with Gasteiger partial charge in [-0.2, -0.15) is 0 Å². The number of hydrogen-bond donors (Lipinski definition) is 1. The molecule has 0 aromatic rings. The summed E-state index contributed by atoms with van der Waals surface area (Å²) in [5.41, 5.74) is 0. The van der Waals surface area contributed by atoms with E-state index in [1.54, 1.807) is 0 Å². The van der Waals surface area contributed by atoms with Gasteiger partial charge in [-0.1, -0.05) is 0 Å². The summed E-state index contributed by atoms with van der Waals surface area (Å²) in [5.74, 6) is 0.965. The van der Waals surface area contributed by atoms with Crippen molar-refractivity contribution in [2.24, 2.45) is 5.92 Å². The molecule has 4 nitrogen and oxygen atoms in total. The molecule has 3 rings (SSSR count). The Hall–Kier alpha value is -0.610. The molecule has 1 unspecified atom stereocenters. The highest BCUT2D eigenvalue weighted by molar-refractivity contribution is 5.76. The van der Waals surface area contributed by atoms with Gasteiger partial charge in [0.15, 0.2) is 0 Å². The summed E-state index contributed by atoms with van der Waals surface area (Å²) < 4.78 is 0. The number of piperazine rings is 1. The molecule has 0 aromatic carbocycles. The van der Waals surface area contributed by atoms with E-state index in [4.69, 9.17) is 0 Å². The van der Waals surface area contributed by atoms with Crippen LogP contribution in [0.4, 0.5) is 0 Å². The Morgan fingerprint density at radius 2 is 1.89 bits per heavy atom. The van der Waals surface area contributed by atoms with Crippen molar-refractivity contribution < 1.29 is 4.79 Å². The highest BCUT2D eigenvalue weighted by Crippen LogP contribution is 2.27. The highest BCUT2D eigenvalue weighted by atomic mass is 16.2. The third-order valence-electron chi connectivity index (χ3n) is 4.59. The first kappa shape index (κ1) is 12.4. The minimum Gasteiger partial charge on any atom is -0.340 e. The molecule has 0 radical (unpaired) electrons. The number of nitrogens with zero attached hydrogens (tertiary/aromatic N) is 2. The highest BCUT2D eigenvalue weighted by Gasteiger charge is 2.32. The van der Waals surface area contributed by atoms with Crippen LogP contribution < -0.4 is 5.32 Å². The second-order valence-electron chi connectivity index (χ2n) is 6.06. The molecule has 0 aromatic heterocycles. The average Bonchev–Trinajstić information content (AvgIpc) is 3.24. The lowest BCUT2D eigenvalue weighted by molar-refractivity contribution is -0.134. The smallest absolute Gasteiger partial charge is 0.222 e. The second-order valence-corrected chi connectivity index (χ2v) is 6.06. The van der Waals surface area contributed by atoms with Crippen LogP contribution in [0.5, 0.6) is 0 Å². The van der Waals surface area contributed by atoms with Gasteiger partial charge in [-0.25, -0.2) is 0 Å². The summed E-state index contributed by atoms with van der Waals surface area (Å²) in [6.45, 7) is 6.27. The fraction of sp³-hybridized carbons (Fsp3) is 0.929. The van der Waals surface area contributed by atoms with E-state index in [1.807, 2.05) is 0 Å². The minimum absolute atomic E-state index is 0.388. The maximum Gasteiger partial charge on any atom is 0.222 e. The van der Waals surface area contributed by atoms with Crippen molar-refractivity contribution in [3.8, 4) is 0 Å². The van der Waals surface area contributed by atoms with E-state index in [0.717, 1.165) is 51.7 Å². The Balaban J connectivity index is 1.42. The monoisotopic (exact) mass is 251 g/mol. The maximum absolute atomic E-state index is 12.2. The predicted octanol–water partition coefficient (Wildman–Crippen LogP) is 0.683. The molecule has 3 aliphatic rings. The van der Waals surface area contributed by atoms with Crippen LogP contribution in [0, 0.1) is 5.92 Å². The molecule has 1 amide bonds. The molecule has 1 saturated carbocycles. The van der Waals surface area contributed by atoms with Gasteiger partial charge in [0.05, 0.1) is 0 Å². The number of hydrogen-bond acceptors (Lipinski definition) is 3. The number of piperidine rings is 1. The first-order chi connectivity index (χ1) is 8.83. The van der Waals surface area contributed by atoms with Crippen LogP contribution >= 0.6 is 0 Å². The molecule has 2 heterocycles. The number of carbonyl (C=O) groups excluding carboxylic acids is 1. The first-order valence-electron chi connectivity index (χ1n) is 7.55. The van der Waals surface area contributed by atoms with E-state index in [2.05, 4.69) is 15.1 Å². The van der Waals surface area contributed by atoms with Crippen LogP contribution in [0.25, 0.3) is 0 Å². The summed E-state index contributed by atoms with van der Waals surface area (Å²) in [4.78, 5) is 16.9. The Labute approximate surface area is 110 Å².